The van der Waals surface area contributed by atoms with Crippen molar-refractivity contribution in [1.29, 1.82) is 0 Å². The van der Waals surface area contributed by atoms with E-state index in [1.807, 2.05) is 81.4 Å². The standard InChI is InChI=1S/C37H43N3O8S/c1-37(2,3)48-36(44)38-17-9-10-18-45-23-26-19-28(35(43)46-24-25-11-5-4-6-12-25)40(22-26)33(41)21-39-34(42)27-15-16-32-30(20-27)47-29-13-7-8-14-31(29)49-32/h4-8,11-16,20,26,28H,9-10,17-19,21-24H2,1-3H3,(H,38,44)(H,39,42)/t26?,28-/m0/s1. The lowest BCUT2D eigenvalue weighted by Crippen LogP contribution is -2.46. The molecule has 0 aliphatic carbocycles. The fraction of sp³-hybridized carbons (Fsp3) is 0.405. The highest BCUT2D eigenvalue weighted by Gasteiger charge is 2.40. The molecule has 12 heteroatoms. The van der Waals surface area contributed by atoms with Gasteiger partial charge in [0.05, 0.1) is 22.9 Å². The summed E-state index contributed by atoms with van der Waals surface area (Å²) < 4.78 is 22.8. The molecule has 0 bridgehead atoms. The molecule has 5 rings (SSSR count). The minimum atomic E-state index is -0.797. The smallest absolute Gasteiger partial charge is 0.407 e. The first-order valence-corrected chi connectivity index (χ1v) is 17.3. The van der Waals surface area contributed by atoms with Gasteiger partial charge in [0.2, 0.25) is 5.91 Å². The molecule has 2 heterocycles. The fourth-order valence-corrected chi connectivity index (χ4v) is 6.41. The Bertz CT molecular complexity index is 1630. The molecule has 0 spiro atoms. The van der Waals surface area contributed by atoms with Gasteiger partial charge in [0, 0.05) is 31.2 Å². The number of para-hydroxylation sites is 1. The van der Waals surface area contributed by atoms with Crippen LogP contribution in [0.3, 0.4) is 0 Å². The van der Waals surface area contributed by atoms with Crippen LogP contribution in [0.4, 0.5) is 4.79 Å². The summed E-state index contributed by atoms with van der Waals surface area (Å²) >= 11 is 1.56. The molecule has 1 saturated heterocycles. The van der Waals surface area contributed by atoms with Gasteiger partial charge >= 0.3 is 12.1 Å². The van der Waals surface area contributed by atoms with Gasteiger partial charge in [-0.15, -0.1) is 0 Å². The van der Waals surface area contributed by atoms with E-state index in [9.17, 15) is 19.2 Å². The number of unbranched alkanes of at least 4 members (excludes halogenated alkanes) is 1. The zero-order valence-corrected chi connectivity index (χ0v) is 28.9. The number of alkyl carbamates (subject to hydrolysis) is 1. The van der Waals surface area contributed by atoms with Gasteiger partial charge in [0.15, 0.2) is 0 Å². The van der Waals surface area contributed by atoms with Crippen LogP contribution in [0.15, 0.2) is 82.6 Å². The average Bonchev–Trinajstić information content (AvgIpc) is 3.52. The van der Waals surface area contributed by atoms with Gasteiger partial charge < -0.3 is 34.5 Å². The molecule has 1 unspecified atom stereocenters. The second-order valence-electron chi connectivity index (χ2n) is 13.0. The van der Waals surface area contributed by atoms with Crippen LogP contribution in [0.2, 0.25) is 0 Å². The van der Waals surface area contributed by atoms with Crippen molar-refractivity contribution < 1.29 is 38.1 Å². The van der Waals surface area contributed by atoms with Crippen molar-refractivity contribution >= 4 is 35.6 Å². The summed E-state index contributed by atoms with van der Waals surface area (Å²) in [7, 11) is 0. The third-order valence-corrected chi connectivity index (χ3v) is 8.95. The summed E-state index contributed by atoms with van der Waals surface area (Å²) in [6, 6.07) is 21.4. The molecule has 3 aromatic carbocycles. The molecule has 2 atom stereocenters. The molecule has 260 valence electrons. The van der Waals surface area contributed by atoms with Crippen molar-refractivity contribution in [3.8, 4) is 11.5 Å². The maximum absolute atomic E-state index is 13.5. The molecular formula is C37H43N3O8S. The van der Waals surface area contributed by atoms with Crippen LogP contribution < -0.4 is 15.4 Å². The number of nitrogens with zero attached hydrogens (tertiary/aromatic N) is 1. The van der Waals surface area contributed by atoms with Gasteiger partial charge in [-0.05, 0) is 75.9 Å². The third kappa shape index (κ3) is 10.5. The van der Waals surface area contributed by atoms with Crippen LogP contribution in [-0.4, -0.2) is 73.3 Å². The average molecular weight is 690 g/mol. The first kappa shape index (κ1) is 35.7. The number of fused-ring (bicyclic) bond motifs is 2. The van der Waals surface area contributed by atoms with E-state index < -0.39 is 29.6 Å². The zero-order valence-electron chi connectivity index (χ0n) is 28.1. The van der Waals surface area contributed by atoms with E-state index in [1.54, 1.807) is 23.9 Å². The van der Waals surface area contributed by atoms with E-state index in [0.717, 1.165) is 27.5 Å². The molecule has 1 fully saturated rings. The van der Waals surface area contributed by atoms with E-state index in [2.05, 4.69) is 10.6 Å². The Morgan fingerprint density at radius 2 is 1.67 bits per heavy atom. The quantitative estimate of drug-likeness (QED) is 0.129. The highest BCUT2D eigenvalue weighted by molar-refractivity contribution is 7.99. The van der Waals surface area contributed by atoms with Crippen LogP contribution in [0.1, 0.15) is 56.0 Å². The number of esters is 1. The number of ether oxygens (including phenoxy) is 4. The Kier molecular flexibility index (Phi) is 12.2. The first-order valence-electron chi connectivity index (χ1n) is 16.5. The fourth-order valence-electron chi connectivity index (χ4n) is 5.48. The molecule has 49 heavy (non-hydrogen) atoms. The Labute approximate surface area is 291 Å². The Morgan fingerprint density at radius 1 is 0.918 bits per heavy atom. The maximum Gasteiger partial charge on any atom is 0.407 e. The lowest BCUT2D eigenvalue weighted by Gasteiger charge is -2.23. The highest BCUT2D eigenvalue weighted by Crippen LogP contribution is 2.46. The van der Waals surface area contributed by atoms with Gasteiger partial charge in [0.25, 0.3) is 5.91 Å². The lowest BCUT2D eigenvalue weighted by molar-refractivity contribution is -0.154. The van der Waals surface area contributed by atoms with Crippen molar-refractivity contribution in [3.63, 3.8) is 0 Å². The van der Waals surface area contributed by atoms with Gasteiger partial charge in [0.1, 0.15) is 29.7 Å². The number of rotatable bonds is 13. The van der Waals surface area contributed by atoms with Crippen molar-refractivity contribution in [3.05, 3.63) is 83.9 Å². The zero-order chi connectivity index (χ0) is 34.8. The molecule has 11 nitrogen and oxygen atoms in total. The van der Waals surface area contributed by atoms with Crippen LogP contribution in [-0.2, 0) is 30.4 Å². The molecule has 2 aliphatic heterocycles. The summed E-state index contributed by atoms with van der Waals surface area (Å²) in [5.41, 5.74) is 0.654. The minimum absolute atomic E-state index is 0.0908. The van der Waals surface area contributed by atoms with Gasteiger partial charge in [-0.2, -0.15) is 0 Å². The van der Waals surface area contributed by atoms with Crippen LogP contribution >= 0.6 is 11.8 Å². The normalized spacial score (nSPS) is 16.5. The number of hydrogen-bond donors (Lipinski definition) is 2. The summed E-state index contributed by atoms with van der Waals surface area (Å²) in [6.07, 6.45) is 1.37. The van der Waals surface area contributed by atoms with Crippen molar-refractivity contribution in [2.75, 3.05) is 32.8 Å². The van der Waals surface area contributed by atoms with E-state index in [0.29, 0.717) is 50.5 Å². The largest absolute Gasteiger partial charge is 0.459 e. The third-order valence-electron chi connectivity index (χ3n) is 7.84. The van der Waals surface area contributed by atoms with Gasteiger partial charge in [-0.1, -0.05) is 54.2 Å². The van der Waals surface area contributed by atoms with Crippen LogP contribution in [0.5, 0.6) is 11.5 Å². The van der Waals surface area contributed by atoms with E-state index in [-0.39, 0.29) is 25.0 Å². The number of benzene rings is 3. The van der Waals surface area contributed by atoms with E-state index >= 15 is 0 Å². The topological polar surface area (TPSA) is 132 Å². The Balaban J connectivity index is 1.12. The summed E-state index contributed by atoms with van der Waals surface area (Å²) in [5.74, 6) is -0.0985. The number of nitrogens with one attached hydrogen (secondary N) is 2. The number of carbonyl (C=O) groups excluding carboxylic acids is 4. The maximum atomic E-state index is 13.5. The number of likely N-dealkylation sites (tertiary alicyclic amines) is 1. The molecule has 0 saturated carbocycles. The summed E-state index contributed by atoms with van der Waals surface area (Å²) in [6.45, 7) is 6.83. The lowest BCUT2D eigenvalue weighted by atomic mass is 10.1. The monoisotopic (exact) mass is 689 g/mol. The Hall–Kier alpha value is -4.55. The van der Waals surface area contributed by atoms with Crippen LogP contribution in [0.25, 0.3) is 0 Å². The van der Waals surface area contributed by atoms with Crippen molar-refractivity contribution in [1.82, 2.24) is 15.5 Å². The SMILES string of the molecule is CC(C)(C)OC(=O)NCCCCOCC1C[C@@H](C(=O)OCc2ccccc2)N(C(=O)CNC(=O)c2ccc3c(c2)Oc2ccccc2S3)C1. The molecule has 3 aromatic rings. The second kappa shape index (κ2) is 16.7. The van der Waals surface area contributed by atoms with Gasteiger partial charge in [-0.3, -0.25) is 9.59 Å². The highest BCUT2D eigenvalue weighted by atomic mass is 32.2. The first-order chi connectivity index (χ1) is 23.6. The molecule has 2 N–H and O–H groups in total. The van der Waals surface area contributed by atoms with Crippen LogP contribution in [0, 0.1) is 5.92 Å². The predicted molar refractivity (Wildman–Crippen MR) is 184 cm³/mol. The molecule has 0 aromatic heterocycles. The molecule has 3 amide bonds. The molecule has 0 radical (unpaired) electrons. The minimum Gasteiger partial charge on any atom is -0.459 e. The predicted octanol–water partition coefficient (Wildman–Crippen LogP) is 5.96. The number of amides is 3. The molecular weight excluding hydrogens is 646 g/mol. The van der Waals surface area contributed by atoms with Crippen molar-refractivity contribution in [2.45, 2.75) is 68.1 Å². The number of hydrogen-bond acceptors (Lipinski definition) is 9. The number of carbonyl (C=O) groups is 4. The van der Waals surface area contributed by atoms with Crippen molar-refractivity contribution in [2.24, 2.45) is 5.92 Å². The summed E-state index contributed by atoms with van der Waals surface area (Å²) in [5, 5.41) is 5.44. The molecule has 2 aliphatic rings. The Morgan fingerprint density at radius 3 is 2.47 bits per heavy atom. The van der Waals surface area contributed by atoms with Gasteiger partial charge in [-0.25, -0.2) is 9.59 Å². The van der Waals surface area contributed by atoms with E-state index in [4.69, 9.17) is 18.9 Å². The summed E-state index contributed by atoms with van der Waals surface area (Å²) in [4.78, 5) is 55.0. The second-order valence-corrected chi connectivity index (χ2v) is 14.0. The van der Waals surface area contributed by atoms with E-state index in [1.165, 1.54) is 4.90 Å².